The second kappa shape index (κ2) is 5.61. The van der Waals surface area contributed by atoms with Crippen LogP contribution in [0.4, 0.5) is 10.1 Å². The van der Waals surface area contributed by atoms with Gasteiger partial charge in [-0.3, -0.25) is 9.78 Å². The van der Waals surface area contributed by atoms with Gasteiger partial charge in [0.25, 0.3) is 5.91 Å². The predicted octanol–water partition coefficient (Wildman–Crippen LogP) is 3.60. The van der Waals surface area contributed by atoms with Crippen molar-refractivity contribution in [3.63, 3.8) is 0 Å². The first-order chi connectivity index (χ1) is 9.08. The zero-order valence-electron chi connectivity index (χ0n) is 10.9. The molecule has 2 aromatic rings. The van der Waals surface area contributed by atoms with E-state index in [9.17, 15) is 9.18 Å². The van der Waals surface area contributed by atoms with Crippen LogP contribution in [0.1, 0.15) is 35.7 Å². The summed E-state index contributed by atoms with van der Waals surface area (Å²) in [5.74, 6) is -0.668. The third-order valence-corrected chi connectivity index (χ3v) is 2.85. The average molecular weight is 258 g/mol. The fourth-order valence-electron chi connectivity index (χ4n) is 1.71. The number of carbonyl (C=O) groups is 1. The Kier molecular flexibility index (Phi) is 3.90. The van der Waals surface area contributed by atoms with E-state index in [2.05, 4.69) is 24.1 Å². The van der Waals surface area contributed by atoms with Gasteiger partial charge < -0.3 is 5.32 Å². The van der Waals surface area contributed by atoms with Gasteiger partial charge >= 0.3 is 0 Å². The molecule has 3 nitrogen and oxygen atoms in total. The number of hydrogen-bond acceptors (Lipinski definition) is 2. The monoisotopic (exact) mass is 258 g/mol. The summed E-state index contributed by atoms with van der Waals surface area (Å²) in [6.45, 7) is 4.19. The molecule has 0 aliphatic carbocycles. The summed E-state index contributed by atoms with van der Waals surface area (Å²) in [6.07, 6.45) is 2.41. The standard InChI is InChI=1S/C15H15FN2O/c1-10(2)11-3-5-12(6-4-11)18-15(19)13-7-8-17-9-14(13)16/h3-10H,1-2H3,(H,18,19). The van der Waals surface area contributed by atoms with E-state index in [0.29, 0.717) is 11.6 Å². The largest absolute Gasteiger partial charge is 0.322 e. The molecule has 1 amide bonds. The van der Waals surface area contributed by atoms with Crippen LogP contribution in [0.3, 0.4) is 0 Å². The summed E-state index contributed by atoms with van der Waals surface area (Å²) in [7, 11) is 0. The highest BCUT2D eigenvalue weighted by Crippen LogP contribution is 2.18. The smallest absolute Gasteiger partial charge is 0.258 e. The molecule has 2 rings (SSSR count). The van der Waals surface area contributed by atoms with Crippen LogP contribution in [0.5, 0.6) is 0 Å². The van der Waals surface area contributed by atoms with Crippen LogP contribution in [0.2, 0.25) is 0 Å². The van der Waals surface area contributed by atoms with Gasteiger partial charge in [0.2, 0.25) is 0 Å². The Hall–Kier alpha value is -2.23. The van der Waals surface area contributed by atoms with Gasteiger partial charge in [-0.25, -0.2) is 4.39 Å². The number of hydrogen-bond donors (Lipinski definition) is 1. The molecule has 4 heteroatoms. The molecule has 1 aromatic heterocycles. The number of rotatable bonds is 3. The van der Waals surface area contributed by atoms with Crippen LogP contribution < -0.4 is 5.32 Å². The molecule has 19 heavy (non-hydrogen) atoms. The summed E-state index contributed by atoms with van der Waals surface area (Å²) < 4.78 is 13.4. The average Bonchev–Trinajstić information content (AvgIpc) is 2.39. The van der Waals surface area contributed by atoms with Gasteiger partial charge in [-0.1, -0.05) is 26.0 Å². The molecule has 0 fully saturated rings. The molecule has 0 spiro atoms. The first-order valence-corrected chi connectivity index (χ1v) is 6.08. The number of aromatic nitrogens is 1. The number of pyridine rings is 1. The second-order valence-electron chi connectivity index (χ2n) is 4.59. The third kappa shape index (κ3) is 3.16. The number of amides is 1. The number of benzene rings is 1. The van der Waals surface area contributed by atoms with Crippen molar-refractivity contribution in [1.29, 1.82) is 0 Å². The normalized spacial score (nSPS) is 10.5. The van der Waals surface area contributed by atoms with E-state index >= 15 is 0 Å². The molecule has 0 unspecified atom stereocenters. The molecule has 0 aliphatic rings. The molecular formula is C15H15FN2O. The van der Waals surface area contributed by atoms with Crippen molar-refractivity contribution >= 4 is 11.6 Å². The molecule has 1 aromatic carbocycles. The van der Waals surface area contributed by atoms with Gasteiger partial charge in [-0.2, -0.15) is 0 Å². The summed E-state index contributed by atoms with van der Waals surface area (Å²) in [5.41, 5.74) is 1.82. The molecule has 0 saturated carbocycles. The van der Waals surface area contributed by atoms with Crippen molar-refractivity contribution in [3.05, 3.63) is 59.7 Å². The van der Waals surface area contributed by atoms with Crippen LogP contribution in [-0.2, 0) is 0 Å². The van der Waals surface area contributed by atoms with E-state index in [1.54, 1.807) is 0 Å². The summed E-state index contributed by atoms with van der Waals surface area (Å²) >= 11 is 0. The summed E-state index contributed by atoms with van der Waals surface area (Å²) in [4.78, 5) is 15.5. The van der Waals surface area contributed by atoms with E-state index in [1.807, 2.05) is 24.3 Å². The Morgan fingerprint density at radius 3 is 2.47 bits per heavy atom. The van der Waals surface area contributed by atoms with Crippen LogP contribution in [0.15, 0.2) is 42.7 Å². The van der Waals surface area contributed by atoms with Crippen LogP contribution in [0, 0.1) is 5.82 Å². The lowest BCUT2D eigenvalue weighted by Gasteiger charge is -2.08. The summed E-state index contributed by atoms with van der Waals surface area (Å²) in [5, 5.41) is 2.66. The number of nitrogens with one attached hydrogen (secondary N) is 1. The highest BCUT2D eigenvalue weighted by atomic mass is 19.1. The fraction of sp³-hybridized carbons (Fsp3) is 0.200. The fourth-order valence-corrected chi connectivity index (χ4v) is 1.71. The van der Waals surface area contributed by atoms with E-state index < -0.39 is 11.7 Å². The maximum atomic E-state index is 13.4. The highest BCUT2D eigenvalue weighted by molar-refractivity contribution is 6.04. The van der Waals surface area contributed by atoms with E-state index in [1.165, 1.54) is 17.8 Å². The second-order valence-corrected chi connectivity index (χ2v) is 4.59. The van der Waals surface area contributed by atoms with Gasteiger partial charge in [0, 0.05) is 11.9 Å². The van der Waals surface area contributed by atoms with Gasteiger partial charge in [0.05, 0.1) is 11.8 Å². The molecule has 0 aliphatic heterocycles. The first-order valence-electron chi connectivity index (χ1n) is 6.08. The van der Waals surface area contributed by atoms with E-state index in [4.69, 9.17) is 0 Å². The minimum Gasteiger partial charge on any atom is -0.322 e. The van der Waals surface area contributed by atoms with Crippen LogP contribution >= 0.6 is 0 Å². The molecule has 0 radical (unpaired) electrons. The van der Waals surface area contributed by atoms with Crippen molar-refractivity contribution in [2.24, 2.45) is 0 Å². The molecule has 0 saturated heterocycles. The van der Waals surface area contributed by atoms with Crippen LogP contribution in [0.25, 0.3) is 0 Å². The zero-order chi connectivity index (χ0) is 13.8. The topological polar surface area (TPSA) is 42.0 Å². The predicted molar refractivity (Wildman–Crippen MR) is 72.7 cm³/mol. The van der Waals surface area contributed by atoms with Gasteiger partial charge in [0.1, 0.15) is 0 Å². The lowest BCUT2D eigenvalue weighted by Crippen LogP contribution is -2.13. The maximum Gasteiger partial charge on any atom is 0.258 e. The quantitative estimate of drug-likeness (QED) is 0.914. The van der Waals surface area contributed by atoms with Gasteiger partial charge in [-0.05, 0) is 29.7 Å². The maximum absolute atomic E-state index is 13.4. The number of carbonyl (C=O) groups excluding carboxylic acids is 1. The molecule has 0 atom stereocenters. The minimum absolute atomic E-state index is 0.0112. The van der Waals surface area contributed by atoms with Gasteiger partial charge in [0.15, 0.2) is 5.82 Å². The molecule has 1 N–H and O–H groups in total. The molecule has 0 bridgehead atoms. The molecule has 1 heterocycles. The van der Waals surface area contributed by atoms with Crippen molar-refractivity contribution in [2.45, 2.75) is 19.8 Å². The molecular weight excluding hydrogens is 243 g/mol. The Labute approximate surface area is 111 Å². The van der Waals surface area contributed by atoms with Crippen molar-refractivity contribution in [1.82, 2.24) is 4.98 Å². The number of nitrogens with zero attached hydrogens (tertiary/aromatic N) is 1. The van der Waals surface area contributed by atoms with E-state index in [0.717, 1.165) is 6.20 Å². The van der Waals surface area contributed by atoms with Crippen molar-refractivity contribution < 1.29 is 9.18 Å². The Morgan fingerprint density at radius 2 is 1.89 bits per heavy atom. The van der Waals surface area contributed by atoms with Gasteiger partial charge in [-0.15, -0.1) is 0 Å². The highest BCUT2D eigenvalue weighted by Gasteiger charge is 2.11. The Balaban J connectivity index is 2.13. The third-order valence-electron chi connectivity index (χ3n) is 2.85. The van der Waals surface area contributed by atoms with Crippen molar-refractivity contribution in [3.8, 4) is 0 Å². The van der Waals surface area contributed by atoms with E-state index in [-0.39, 0.29) is 5.56 Å². The van der Waals surface area contributed by atoms with Crippen molar-refractivity contribution in [2.75, 3.05) is 5.32 Å². The number of halogens is 1. The first kappa shape index (κ1) is 13.2. The zero-order valence-corrected chi connectivity index (χ0v) is 10.9. The minimum atomic E-state index is -0.626. The Bertz CT molecular complexity index is 579. The Morgan fingerprint density at radius 1 is 1.21 bits per heavy atom. The number of anilines is 1. The lowest BCUT2D eigenvalue weighted by atomic mass is 10.0. The van der Waals surface area contributed by atoms with Crippen LogP contribution in [-0.4, -0.2) is 10.9 Å². The molecule has 98 valence electrons. The SMILES string of the molecule is CC(C)c1ccc(NC(=O)c2ccncc2F)cc1. The lowest BCUT2D eigenvalue weighted by molar-refractivity contribution is 0.102. The summed E-state index contributed by atoms with van der Waals surface area (Å²) in [6, 6.07) is 8.87.